The van der Waals surface area contributed by atoms with E-state index < -0.39 is 0 Å². The highest BCUT2D eigenvalue weighted by Gasteiger charge is 2.17. The standard InChI is InChI=1S/C37H65N2/c1-3-5-7-9-11-12-13-14-15-16-17-18-19-20-21-23-28-32-38-33-34-39(35-36-29-25-24-26-30-36)37(38)31-27-22-10-8-6-4-2/h24-26,29-30,33-34H,3-23,27-28,31-32,35H2,1-2H3/q+1. The van der Waals surface area contributed by atoms with Crippen LogP contribution in [0, 0.1) is 0 Å². The minimum absolute atomic E-state index is 0.998. The van der Waals surface area contributed by atoms with Crippen LogP contribution in [0.4, 0.5) is 0 Å². The molecule has 0 atom stereocenters. The highest BCUT2D eigenvalue weighted by molar-refractivity contribution is 5.15. The van der Waals surface area contributed by atoms with Crippen molar-refractivity contribution in [2.45, 2.75) is 181 Å². The summed E-state index contributed by atoms with van der Waals surface area (Å²) in [6, 6.07) is 11.0. The van der Waals surface area contributed by atoms with E-state index in [1.807, 2.05) is 0 Å². The number of hydrogen-bond donors (Lipinski definition) is 0. The van der Waals surface area contributed by atoms with Crippen molar-refractivity contribution in [2.24, 2.45) is 0 Å². The summed E-state index contributed by atoms with van der Waals surface area (Å²) < 4.78 is 5.08. The second-order valence-electron chi connectivity index (χ2n) is 12.2. The molecule has 0 unspecified atom stereocenters. The van der Waals surface area contributed by atoms with Gasteiger partial charge in [0.25, 0.3) is 5.82 Å². The number of aryl methyl sites for hydroxylation is 1. The summed E-state index contributed by atoms with van der Waals surface area (Å²) in [5.74, 6) is 1.53. The Morgan fingerprint density at radius 3 is 1.44 bits per heavy atom. The quantitative estimate of drug-likeness (QED) is 0.0791. The zero-order valence-electron chi connectivity index (χ0n) is 26.3. The van der Waals surface area contributed by atoms with E-state index >= 15 is 0 Å². The molecule has 0 N–H and O–H groups in total. The van der Waals surface area contributed by atoms with Crippen LogP contribution in [0.2, 0.25) is 0 Å². The van der Waals surface area contributed by atoms with Gasteiger partial charge in [0, 0.05) is 6.42 Å². The second-order valence-corrected chi connectivity index (χ2v) is 12.2. The van der Waals surface area contributed by atoms with E-state index in [0.717, 1.165) is 6.54 Å². The summed E-state index contributed by atoms with van der Waals surface area (Å²) in [6.07, 6.45) is 38.6. The lowest BCUT2D eigenvalue weighted by molar-refractivity contribution is -0.704. The first-order valence-electron chi connectivity index (χ1n) is 17.5. The van der Waals surface area contributed by atoms with Crippen LogP contribution >= 0.6 is 0 Å². The van der Waals surface area contributed by atoms with Gasteiger partial charge in [-0.2, -0.15) is 0 Å². The highest BCUT2D eigenvalue weighted by atomic mass is 15.1. The van der Waals surface area contributed by atoms with Crippen LogP contribution in [0.1, 0.15) is 173 Å². The first-order valence-corrected chi connectivity index (χ1v) is 17.5. The van der Waals surface area contributed by atoms with Gasteiger partial charge in [0.2, 0.25) is 0 Å². The van der Waals surface area contributed by atoms with Crippen molar-refractivity contribution < 1.29 is 4.57 Å². The average molecular weight is 538 g/mol. The van der Waals surface area contributed by atoms with Gasteiger partial charge in [0.15, 0.2) is 0 Å². The summed E-state index contributed by atoms with van der Waals surface area (Å²) in [6.45, 7) is 6.79. The Morgan fingerprint density at radius 2 is 0.949 bits per heavy atom. The number of aromatic nitrogens is 2. The van der Waals surface area contributed by atoms with Gasteiger partial charge in [-0.3, -0.25) is 0 Å². The lowest BCUT2D eigenvalue weighted by Gasteiger charge is -2.07. The molecule has 2 nitrogen and oxygen atoms in total. The van der Waals surface area contributed by atoms with Crippen LogP contribution in [0.3, 0.4) is 0 Å². The summed E-state index contributed by atoms with van der Waals surface area (Å²) >= 11 is 0. The molecule has 0 saturated heterocycles. The van der Waals surface area contributed by atoms with Gasteiger partial charge in [-0.15, -0.1) is 0 Å². The zero-order chi connectivity index (χ0) is 27.6. The first-order chi connectivity index (χ1) is 19.3. The highest BCUT2D eigenvalue weighted by Crippen LogP contribution is 2.15. The lowest BCUT2D eigenvalue weighted by atomic mass is 10.0. The SMILES string of the molecule is CCCCCCCCCCCCCCCCCCC[n+]1ccn(Cc2ccccc2)c1CCCCCCCC. The normalized spacial score (nSPS) is 11.4. The molecule has 39 heavy (non-hydrogen) atoms. The maximum absolute atomic E-state index is 2.57. The Labute approximate surface area is 244 Å². The third-order valence-corrected chi connectivity index (χ3v) is 8.54. The van der Waals surface area contributed by atoms with Gasteiger partial charge in [-0.1, -0.05) is 173 Å². The van der Waals surface area contributed by atoms with Crippen molar-refractivity contribution in [3.63, 3.8) is 0 Å². The number of nitrogens with zero attached hydrogens (tertiary/aromatic N) is 2. The maximum atomic E-state index is 2.57. The number of hydrogen-bond acceptors (Lipinski definition) is 0. The van der Waals surface area contributed by atoms with E-state index in [0.29, 0.717) is 0 Å². The van der Waals surface area contributed by atoms with Gasteiger partial charge >= 0.3 is 0 Å². The van der Waals surface area contributed by atoms with Gasteiger partial charge < -0.3 is 0 Å². The molecule has 1 aromatic carbocycles. The molecular weight excluding hydrogens is 472 g/mol. The fraction of sp³-hybridized carbons (Fsp3) is 0.757. The molecular formula is C37H65N2+. The topological polar surface area (TPSA) is 8.81 Å². The Kier molecular flexibility index (Phi) is 20.9. The molecule has 2 rings (SSSR count). The van der Waals surface area contributed by atoms with E-state index in [9.17, 15) is 0 Å². The van der Waals surface area contributed by atoms with Crippen molar-refractivity contribution in [1.82, 2.24) is 4.57 Å². The predicted molar refractivity (Wildman–Crippen MR) is 171 cm³/mol. The van der Waals surface area contributed by atoms with Gasteiger partial charge in [-0.25, -0.2) is 9.13 Å². The largest absolute Gasteiger partial charge is 0.256 e. The van der Waals surface area contributed by atoms with Crippen LogP contribution in [0.25, 0.3) is 0 Å². The summed E-state index contributed by atoms with van der Waals surface area (Å²) in [5, 5.41) is 0. The molecule has 222 valence electrons. The van der Waals surface area contributed by atoms with Crippen LogP contribution in [0.15, 0.2) is 42.7 Å². The Balaban J connectivity index is 1.55. The third-order valence-electron chi connectivity index (χ3n) is 8.54. The van der Waals surface area contributed by atoms with E-state index in [4.69, 9.17) is 0 Å². The maximum Gasteiger partial charge on any atom is 0.256 e. The monoisotopic (exact) mass is 538 g/mol. The fourth-order valence-corrected chi connectivity index (χ4v) is 5.98. The molecule has 1 heterocycles. The van der Waals surface area contributed by atoms with E-state index in [1.54, 1.807) is 0 Å². The molecule has 1 aromatic heterocycles. The molecule has 2 aromatic rings. The van der Waals surface area contributed by atoms with E-state index in [1.165, 1.54) is 172 Å². The first kappa shape index (κ1) is 33.6. The van der Waals surface area contributed by atoms with Crippen LogP contribution in [-0.4, -0.2) is 4.57 Å². The lowest BCUT2D eigenvalue weighted by Crippen LogP contribution is -2.37. The molecule has 0 bridgehead atoms. The second kappa shape index (κ2) is 24.2. The Hall–Kier alpha value is -1.57. The Bertz CT molecular complexity index is 778. The molecule has 0 fully saturated rings. The smallest absolute Gasteiger partial charge is 0.234 e. The van der Waals surface area contributed by atoms with Crippen LogP contribution in [0.5, 0.6) is 0 Å². The van der Waals surface area contributed by atoms with Crippen molar-refractivity contribution >= 4 is 0 Å². The number of rotatable bonds is 27. The van der Waals surface area contributed by atoms with Gasteiger partial charge in [-0.05, 0) is 24.8 Å². The molecule has 0 amide bonds. The molecule has 0 saturated carbocycles. The number of benzene rings is 1. The minimum atomic E-state index is 0.998. The van der Waals surface area contributed by atoms with Crippen molar-refractivity contribution in [3.8, 4) is 0 Å². The van der Waals surface area contributed by atoms with Gasteiger partial charge in [0.05, 0.1) is 6.54 Å². The summed E-state index contributed by atoms with van der Waals surface area (Å²) in [5.41, 5.74) is 1.40. The van der Waals surface area contributed by atoms with E-state index in [2.05, 4.69) is 65.7 Å². The predicted octanol–water partition coefficient (Wildman–Crippen LogP) is 11.4. The summed E-state index contributed by atoms with van der Waals surface area (Å²) in [4.78, 5) is 0. The van der Waals surface area contributed by atoms with Crippen molar-refractivity contribution in [3.05, 3.63) is 54.1 Å². The molecule has 0 aliphatic carbocycles. The molecule has 0 spiro atoms. The zero-order valence-corrected chi connectivity index (χ0v) is 26.3. The third kappa shape index (κ3) is 17.0. The van der Waals surface area contributed by atoms with Crippen LogP contribution in [-0.2, 0) is 19.5 Å². The van der Waals surface area contributed by atoms with Crippen molar-refractivity contribution in [1.29, 1.82) is 0 Å². The molecule has 0 aliphatic rings. The summed E-state index contributed by atoms with van der Waals surface area (Å²) in [7, 11) is 0. The van der Waals surface area contributed by atoms with Crippen LogP contribution < -0.4 is 4.57 Å². The van der Waals surface area contributed by atoms with E-state index in [-0.39, 0.29) is 0 Å². The number of imidazole rings is 1. The molecule has 0 radical (unpaired) electrons. The van der Waals surface area contributed by atoms with Crippen molar-refractivity contribution in [2.75, 3.05) is 0 Å². The molecule has 0 aliphatic heterocycles. The van der Waals surface area contributed by atoms with Gasteiger partial charge in [0.1, 0.15) is 18.9 Å². The molecule has 2 heteroatoms. The number of unbranched alkanes of at least 4 members (excludes halogenated alkanes) is 21. The Morgan fingerprint density at radius 1 is 0.513 bits per heavy atom. The average Bonchev–Trinajstić information content (AvgIpc) is 3.33. The fourth-order valence-electron chi connectivity index (χ4n) is 5.98. The minimum Gasteiger partial charge on any atom is -0.234 e.